The van der Waals surface area contributed by atoms with Gasteiger partial charge in [-0.25, -0.2) is 0 Å². The SMILES string of the molecule is CO[C@H]1/C=C/O[C@@]2(C)Oc3c(C)c(O)c4c(c3C2=O)/C2=N/CCN(C)CCCNC2=C(NC(=O)/C(C)=C\C=C\[C@H](C)[C@H](O)[C@@H](C)[C@@H](O)[C@@H](C)[C@H](OC(C)=O)[C@@H]1C)C4=O. The molecule has 9 atom stereocenters. The van der Waals surface area contributed by atoms with E-state index in [0.717, 1.165) is 6.54 Å². The highest BCUT2D eigenvalue weighted by Gasteiger charge is 2.52. The number of fused-ring (bicyclic) bond motifs is 3. The number of rotatable bonds is 2. The van der Waals surface area contributed by atoms with E-state index < -0.39 is 83.1 Å². The summed E-state index contributed by atoms with van der Waals surface area (Å²) >= 11 is 0. The Kier molecular flexibility index (Phi) is 13.7. The molecule has 15 nitrogen and oxygen atoms in total. The van der Waals surface area contributed by atoms with Crippen LogP contribution in [0.1, 0.15) is 86.7 Å². The highest BCUT2D eigenvalue weighted by atomic mass is 16.7. The second-order valence-electron chi connectivity index (χ2n) is 16.0. The Balaban J connectivity index is 1.70. The predicted molar refractivity (Wildman–Crippen MR) is 215 cm³/mol. The first-order valence-electron chi connectivity index (χ1n) is 19.8. The number of allylic oxidation sites excluding steroid dienone is 4. The molecule has 3 heterocycles. The van der Waals surface area contributed by atoms with Gasteiger partial charge in [0.2, 0.25) is 5.78 Å². The first-order valence-corrected chi connectivity index (χ1v) is 19.8. The van der Waals surface area contributed by atoms with Crippen LogP contribution in [0.15, 0.2) is 52.5 Å². The number of phenols is 1. The topological polar surface area (TPSA) is 206 Å². The van der Waals surface area contributed by atoms with Crippen molar-refractivity contribution >= 4 is 29.2 Å². The van der Waals surface area contributed by atoms with Crippen molar-refractivity contribution in [2.45, 2.75) is 92.0 Å². The van der Waals surface area contributed by atoms with E-state index >= 15 is 0 Å². The number of carbonyl (C=O) groups is 4. The standard InChI is InChI=1S/C43H58N4O11/c1-21-13-11-14-22(2)42(54)46-34-33-32(45-17-19-47(9)18-12-16-44-33)29-30(38(34)52)37(51)26(6)40-31(29)41(53)43(8,58-40)56-20-15-28(55-10)23(3)39(57-27(7)48)25(5)36(50)24(4)35(21)49/h11,13-15,20-21,23-25,28,35-36,39,44,49-51H,12,16-19H2,1-10H3,(H,46,54)/b13-11+,20-15+,22-14-,45-32-/t21-,23+,24+,25+,28-,35-,36+,39+,43-/m0/s1. The molecular formula is C43H58N4O11. The lowest BCUT2D eigenvalue weighted by molar-refractivity contribution is -0.160. The molecule has 5 N–H and O–H groups in total. The summed E-state index contributed by atoms with van der Waals surface area (Å²) in [6.07, 6.45) is 4.55. The molecule has 1 aromatic carbocycles. The number of nitrogens with zero attached hydrogens (tertiary/aromatic N) is 2. The summed E-state index contributed by atoms with van der Waals surface area (Å²) in [5.74, 6) is -7.31. The van der Waals surface area contributed by atoms with Crippen LogP contribution in [0.5, 0.6) is 11.5 Å². The molecule has 0 unspecified atom stereocenters. The van der Waals surface area contributed by atoms with E-state index in [1.165, 1.54) is 40.2 Å². The molecular weight excluding hydrogens is 748 g/mol. The molecule has 0 saturated carbocycles. The number of phenolic OH excluding ortho intramolecular Hbond substituents is 1. The number of nitrogens with one attached hydrogen (secondary N) is 2. The molecule has 1 aliphatic carbocycles. The molecule has 316 valence electrons. The Labute approximate surface area is 339 Å². The summed E-state index contributed by atoms with van der Waals surface area (Å²) in [7, 11) is 3.43. The molecule has 0 spiro atoms. The van der Waals surface area contributed by atoms with Crippen molar-refractivity contribution < 1.29 is 53.4 Å². The van der Waals surface area contributed by atoms with Gasteiger partial charge in [0, 0.05) is 74.4 Å². The summed E-state index contributed by atoms with van der Waals surface area (Å²) < 4.78 is 23.8. The normalized spacial score (nSPS) is 34.5. The second-order valence-corrected chi connectivity index (χ2v) is 16.0. The molecule has 0 radical (unpaired) electrons. The Morgan fingerprint density at radius 3 is 2.36 bits per heavy atom. The van der Waals surface area contributed by atoms with Crippen LogP contribution in [0.2, 0.25) is 0 Å². The van der Waals surface area contributed by atoms with Gasteiger partial charge in [0.15, 0.2) is 0 Å². The number of hydrogen-bond donors (Lipinski definition) is 5. The summed E-state index contributed by atoms with van der Waals surface area (Å²) in [6, 6.07) is 0. The Morgan fingerprint density at radius 2 is 1.69 bits per heavy atom. The maximum Gasteiger partial charge on any atom is 0.312 e. The molecule has 4 aliphatic rings. The van der Waals surface area contributed by atoms with Crippen LogP contribution < -0.4 is 15.4 Å². The van der Waals surface area contributed by atoms with E-state index in [4.69, 9.17) is 23.9 Å². The Bertz CT molecular complexity index is 1970. The molecule has 1 aromatic rings. The summed E-state index contributed by atoms with van der Waals surface area (Å²) in [5.41, 5.74) is 0.491. The van der Waals surface area contributed by atoms with E-state index in [1.807, 2.05) is 7.05 Å². The minimum absolute atomic E-state index is 0.00103. The molecule has 15 heteroatoms. The van der Waals surface area contributed by atoms with Crippen LogP contribution in [-0.4, -0.2) is 120 Å². The van der Waals surface area contributed by atoms with Gasteiger partial charge in [-0.15, -0.1) is 0 Å². The zero-order chi connectivity index (χ0) is 42.8. The van der Waals surface area contributed by atoms with E-state index in [9.17, 15) is 34.5 Å². The van der Waals surface area contributed by atoms with Crippen LogP contribution in [-0.2, 0) is 23.8 Å². The monoisotopic (exact) mass is 806 g/mol. The van der Waals surface area contributed by atoms with Crippen LogP contribution in [0.4, 0.5) is 0 Å². The number of amides is 1. The molecule has 0 fully saturated rings. The van der Waals surface area contributed by atoms with Crippen LogP contribution >= 0.6 is 0 Å². The van der Waals surface area contributed by atoms with Gasteiger partial charge in [-0.05, 0) is 39.9 Å². The van der Waals surface area contributed by atoms with Gasteiger partial charge in [-0.2, -0.15) is 0 Å². The Morgan fingerprint density at radius 1 is 0.983 bits per heavy atom. The van der Waals surface area contributed by atoms with Gasteiger partial charge in [0.25, 0.3) is 11.7 Å². The Hall–Kier alpha value is -4.83. The van der Waals surface area contributed by atoms with Crippen molar-refractivity contribution in [3.63, 3.8) is 0 Å². The van der Waals surface area contributed by atoms with E-state index in [2.05, 4.69) is 15.5 Å². The number of aliphatic hydroxyl groups excluding tert-OH is 2. The van der Waals surface area contributed by atoms with Crippen LogP contribution in [0, 0.1) is 30.6 Å². The van der Waals surface area contributed by atoms with Gasteiger partial charge in [0.05, 0.1) is 53.7 Å². The molecule has 58 heavy (non-hydrogen) atoms. The molecule has 1 amide bonds. The van der Waals surface area contributed by atoms with E-state index in [1.54, 1.807) is 52.8 Å². The zero-order valence-electron chi connectivity index (χ0n) is 35.0. The fourth-order valence-electron chi connectivity index (χ4n) is 8.04. The maximum absolute atomic E-state index is 14.6. The number of aromatic hydroxyl groups is 1. The number of ketones is 2. The minimum atomic E-state index is -1.97. The molecule has 0 saturated heterocycles. The number of aliphatic hydroxyl groups is 2. The van der Waals surface area contributed by atoms with Gasteiger partial charge in [0.1, 0.15) is 23.3 Å². The lowest BCUT2D eigenvalue weighted by atomic mass is 9.78. The lowest BCUT2D eigenvalue weighted by Gasteiger charge is -2.38. The lowest BCUT2D eigenvalue weighted by Crippen LogP contribution is -2.46. The predicted octanol–water partition coefficient (Wildman–Crippen LogP) is 3.49. The number of carbonyl (C=O) groups excluding carboxylic acids is 4. The highest BCUT2D eigenvalue weighted by molar-refractivity contribution is 6.34. The van der Waals surface area contributed by atoms with Crippen LogP contribution in [0.25, 0.3) is 0 Å². The molecule has 5 rings (SSSR count). The molecule has 0 aromatic heterocycles. The van der Waals surface area contributed by atoms with Gasteiger partial charge < -0.3 is 49.8 Å². The van der Waals surface area contributed by atoms with Crippen molar-refractivity contribution in [3.05, 3.63) is 69.8 Å². The largest absolute Gasteiger partial charge is 0.507 e. The minimum Gasteiger partial charge on any atom is -0.507 e. The smallest absolute Gasteiger partial charge is 0.312 e. The van der Waals surface area contributed by atoms with E-state index in [-0.39, 0.29) is 57.2 Å². The number of Topliss-reactive ketones (excluding diaryl/α,β-unsaturated/α-hetero) is 2. The number of aliphatic imine (C=N–C) groups is 1. The number of hydrogen-bond acceptors (Lipinski definition) is 14. The zero-order valence-corrected chi connectivity index (χ0v) is 35.0. The van der Waals surface area contributed by atoms with Gasteiger partial charge >= 0.3 is 11.8 Å². The number of methoxy groups -OCH3 is 1. The quantitative estimate of drug-likeness (QED) is 0.272. The third kappa shape index (κ3) is 8.63. The first kappa shape index (κ1) is 44.3. The summed E-state index contributed by atoms with van der Waals surface area (Å²) in [4.78, 5) is 62.3. The van der Waals surface area contributed by atoms with Crippen molar-refractivity contribution in [2.75, 3.05) is 40.3 Å². The van der Waals surface area contributed by atoms with Crippen molar-refractivity contribution in [1.29, 1.82) is 0 Å². The number of ether oxygens (including phenoxy) is 4. The van der Waals surface area contributed by atoms with Gasteiger partial charge in [-0.1, -0.05) is 45.9 Å². The third-order valence-electron chi connectivity index (χ3n) is 11.7. The van der Waals surface area contributed by atoms with Gasteiger partial charge in [-0.3, -0.25) is 24.2 Å². The average molecular weight is 807 g/mol. The van der Waals surface area contributed by atoms with Crippen molar-refractivity contribution in [1.82, 2.24) is 15.5 Å². The van der Waals surface area contributed by atoms with Crippen LogP contribution in [0.3, 0.4) is 0 Å². The third-order valence-corrected chi connectivity index (χ3v) is 11.7. The second kappa shape index (κ2) is 18.0. The average Bonchev–Trinajstić information content (AvgIpc) is 3.45. The maximum atomic E-state index is 14.6. The first-order chi connectivity index (χ1) is 27.3. The fraction of sp³-hybridized carbons (Fsp3) is 0.558. The van der Waals surface area contributed by atoms with Crippen molar-refractivity contribution in [2.24, 2.45) is 28.7 Å². The number of esters is 1. The fourth-order valence-corrected chi connectivity index (χ4v) is 8.04. The number of likely N-dealkylation sites (N-methyl/N-ethyl adjacent to an activating group) is 1. The van der Waals surface area contributed by atoms with Crippen molar-refractivity contribution in [3.8, 4) is 11.5 Å². The summed E-state index contributed by atoms with van der Waals surface area (Å²) in [5, 5.41) is 40.7. The van der Waals surface area contributed by atoms with E-state index in [0.29, 0.717) is 19.5 Å². The number of benzene rings is 1. The summed E-state index contributed by atoms with van der Waals surface area (Å²) in [6.45, 7) is 14.8. The molecule has 5 bridgehead atoms. The molecule has 3 aliphatic heterocycles. The highest BCUT2D eigenvalue weighted by Crippen LogP contribution is 2.48.